The molecule has 1 atom stereocenters. The van der Waals surface area contributed by atoms with E-state index in [2.05, 4.69) is 20.2 Å². The molecule has 3 heterocycles. The van der Waals surface area contributed by atoms with E-state index in [4.69, 9.17) is 4.74 Å². The van der Waals surface area contributed by atoms with Crippen molar-refractivity contribution in [1.29, 1.82) is 0 Å². The van der Waals surface area contributed by atoms with E-state index in [0.717, 1.165) is 11.2 Å². The van der Waals surface area contributed by atoms with Crippen LogP contribution >= 0.6 is 0 Å². The minimum atomic E-state index is -0.444. The lowest BCUT2D eigenvalue weighted by atomic mass is 10.1. The number of hydrogen-bond donors (Lipinski definition) is 1. The van der Waals surface area contributed by atoms with E-state index in [0.29, 0.717) is 31.7 Å². The second-order valence-corrected chi connectivity index (χ2v) is 5.68. The molecule has 23 heavy (non-hydrogen) atoms. The topological polar surface area (TPSA) is 70.6 Å². The van der Waals surface area contributed by atoms with Crippen molar-refractivity contribution in [2.24, 2.45) is 0 Å². The molecule has 4 rings (SSSR count). The summed E-state index contributed by atoms with van der Waals surface area (Å²) in [5, 5.41) is 3.60. The van der Waals surface area contributed by atoms with Crippen LogP contribution in [0, 0.1) is 5.82 Å². The maximum absolute atomic E-state index is 13.9. The van der Waals surface area contributed by atoms with Crippen molar-refractivity contribution in [3.05, 3.63) is 24.3 Å². The van der Waals surface area contributed by atoms with Gasteiger partial charge in [-0.2, -0.15) is 0 Å². The van der Waals surface area contributed by atoms with Crippen LogP contribution in [0.2, 0.25) is 0 Å². The summed E-state index contributed by atoms with van der Waals surface area (Å²) >= 11 is 0. The van der Waals surface area contributed by atoms with Crippen molar-refractivity contribution < 1.29 is 13.9 Å². The van der Waals surface area contributed by atoms with Gasteiger partial charge < -0.3 is 19.9 Å². The third kappa shape index (κ3) is 2.21. The summed E-state index contributed by atoms with van der Waals surface area (Å²) in [4.78, 5) is 24.2. The van der Waals surface area contributed by atoms with Crippen LogP contribution in [0.5, 0.6) is 5.75 Å². The van der Waals surface area contributed by atoms with Crippen LogP contribution in [0.15, 0.2) is 18.5 Å². The summed E-state index contributed by atoms with van der Waals surface area (Å²) in [6, 6.07) is 3.11. The smallest absolute Gasteiger partial charge is 0.317 e. The van der Waals surface area contributed by atoms with Crippen molar-refractivity contribution in [3.8, 4) is 5.75 Å². The molecule has 1 aromatic carbocycles. The predicted octanol–water partition coefficient (Wildman–Crippen LogP) is 0.991. The number of nitrogens with zero attached hydrogens (tertiary/aromatic N) is 4. The van der Waals surface area contributed by atoms with Crippen molar-refractivity contribution in [2.75, 3.05) is 38.2 Å². The average molecular weight is 317 g/mol. The van der Waals surface area contributed by atoms with Gasteiger partial charge in [0.05, 0.1) is 18.7 Å². The minimum absolute atomic E-state index is 0.00839. The van der Waals surface area contributed by atoms with E-state index in [1.807, 2.05) is 4.90 Å². The van der Waals surface area contributed by atoms with Crippen molar-refractivity contribution in [1.82, 2.24) is 20.2 Å². The number of rotatable bonds is 2. The van der Waals surface area contributed by atoms with E-state index in [1.165, 1.54) is 19.5 Å². The Labute approximate surface area is 132 Å². The van der Waals surface area contributed by atoms with Crippen LogP contribution in [0.4, 0.5) is 15.0 Å². The van der Waals surface area contributed by atoms with Crippen LogP contribution in [-0.2, 0) is 0 Å². The number of ether oxygens (including phenoxy) is 1. The molecule has 0 saturated carbocycles. The largest absolute Gasteiger partial charge is 0.494 e. The van der Waals surface area contributed by atoms with Gasteiger partial charge in [0.15, 0.2) is 11.6 Å². The Bertz CT molecular complexity index is 784. The molecule has 2 amide bonds. The zero-order valence-electron chi connectivity index (χ0n) is 12.6. The molecule has 1 N–H and O–H groups in total. The number of halogens is 1. The van der Waals surface area contributed by atoms with Crippen LogP contribution in [0.1, 0.15) is 0 Å². The van der Waals surface area contributed by atoms with Gasteiger partial charge in [0, 0.05) is 37.6 Å². The molecule has 120 valence electrons. The van der Waals surface area contributed by atoms with Crippen molar-refractivity contribution >= 4 is 22.8 Å². The number of urea groups is 1. The van der Waals surface area contributed by atoms with Gasteiger partial charge in [-0.15, -0.1) is 0 Å². The average Bonchev–Trinajstić information content (AvgIpc) is 2.94. The summed E-state index contributed by atoms with van der Waals surface area (Å²) < 4.78 is 18.9. The number of aromatic nitrogens is 2. The van der Waals surface area contributed by atoms with Gasteiger partial charge in [0.1, 0.15) is 12.1 Å². The first-order valence-corrected chi connectivity index (χ1v) is 7.45. The number of carbonyl (C=O) groups excluding carboxylic acids is 1. The molecular formula is C15H16FN5O2. The van der Waals surface area contributed by atoms with Gasteiger partial charge in [-0.05, 0) is 6.07 Å². The molecule has 2 aromatic rings. The Hall–Kier alpha value is -2.64. The molecule has 2 saturated heterocycles. The fourth-order valence-electron chi connectivity index (χ4n) is 3.25. The molecule has 8 heteroatoms. The number of methoxy groups -OCH3 is 1. The van der Waals surface area contributed by atoms with Crippen molar-refractivity contribution in [2.45, 2.75) is 6.04 Å². The lowest BCUT2D eigenvalue weighted by molar-refractivity contribution is 0.197. The van der Waals surface area contributed by atoms with E-state index >= 15 is 0 Å². The highest BCUT2D eigenvalue weighted by Crippen LogP contribution is 2.30. The first-order valence-electron chi connectivity index (χ1n) is 7.45. The van der Waals surface area contributed by atoms with Gasteiger partial charge >= 0.3 is 6.03 Å². The normalized spacial score (nSPS) is 20.6. The van der Waals surface area contributed by atoms with E-state index in [1.54, 1.807) is 6.07 Å². The molecule has 1 unspecified atom stereocenters. The summed E-state index contributed by atoms with van der Waals surface area (Å²) in [5.41, 5.74) is 0.538. The number of hydrogen-bond acceptors (Lipinski definition) is 5. The Morgan fingerprint density at radius 1 is 1.35 bits per heavy atom. The first kappa shape index (κ1) is 14.0. The Morgan fingerprint density at radius 3 is 3.04 bits per heavy atom. The predicted molar refractivity (Wildman–Crippen MR) is 82.2 cm³/mol. The molecule has 2 aliphatic heterocycles. The first-order chi connectivity index (χ1) is 11.2. The Morgan fingerprint density at radius 2 is 2.22 bits per heavy atom. The molecular weight excluding hydrogens is 301 g/mol. The second-order valence-electron chi connectivity index (χ2n) is 5.68. The lowest BCUT2D eigenvalue weighted by Crippen LogP contribution is -2.52. The van der Waals surface area contributed by atoms with Crippen LogP contribution in [0.3, 0.4) is 0 Å². The molecule has 2 aliphatic rings. The van der Waals surface area contributed by atoms with E-state index in [-0.39, 0.29) is 17.8 Å². The molecule has 0 radical (unpaired) electrons. The maximum atomic E-state index is 13.9. The van der Waals surface area contributed by atoms with Crippen LogP contribution in [0.25, 0.3) is 10.9 Å². The standard InChI is InChI=1S/C15H16FN5O2/c1-23-13-4-10-12(5-11(13)16)18-8-19-14(10)20-2-3-21-9(7-20)6-17-15(21)22/h4-5,8-9H,2-3,6-7H2,1H3,(H,17,22). The Balaban J connectivity index is 1.73. The third-order valence-electron chi connectivity index (χ3n) is 4.42. The molecule has 7 nitrogen and oxygen atoms in total. The summed E-state index contributed by atoms with van der Waals surface area (Å²) in [6.07, 6.45) is 1.44. The lowest BCUT2D eigenvalue weighted by Gasteiger charge is -2.37. The maximum Gasteiger partial charge on any atom is 0.317 e. The highest BCUT2D eigenvalue weighted by Gasteiger charge is 2.36. The monoisotopic (exact) mass is 317 g/mol. The number of carbonyl (C=O) groups is 1. The Kier molecular flexibility index (Phi) is 3.17. The number of nitrogens with one attached hydrogen (secondary N) is 1. The number of fused-ring (bicyclic) bond motifs is 2. The molecule has 0 spiro atoms. The fourth-order valence-corrected chi connectivity index (χ4v) is 3.25. The molecule has 1 aromatic heterocycles. The zero-order valence-corrected chi connectivity index (χ0v) is 12.6. The molecule has 0 aliphatic carbocycles. The molecule has 2 fully saturated rings. The number of benzene rings is 1. The van der Waals surface area contributed by atoms with Gasteiger partial charge in [-0.25, -0.2) is 19.2 Å². The van der Waals surface area contributed by atoms with Gasteiger partial charge in [-0.1, -0.05) is 0 Å². The summed E-state index contributed by atoms with van der Waals surface area (Å²) in [7, 11) is 1.43. The van der Waals surface area contributed by atoms with E-state index in [9.17, 15) is 9.18 Å². The number of amides is 2. The fraction of sp³-hybridized carbons (Fsp3) is 0.400. The number of anilines is 1. The van der Waals surface area contributed by atoms with Crippen LogP contribution < -0.4 is 15.0 Å². The summed E-state index contributed by atoms with van der Waals surface area (Å²) in [5.74, 6) is 0.470. The van der Waals surface area contributed by atoms with Crippen LogP contribution in [-0.4, -0.2) is 60.2 Å². The summed E-state index contributed by atoms with van der Waals surface area (Å²) in [6.45, 7) is 2.64. The van der Waals surface area contributed by atoms with Gasteiger partial charge in [-0.3, -0.25) is 0 Å². The quantitative estimate of drug-likeness (QED) is 0.894. The van der Waals surface area contributed by atoms with Gasteiger partial charge in [0.25, 0.3) is 0 Å². The van der Waals surface area contributed by atoms with E-state index < -0.39 is 5.82 Å². The zero-order chi connectivity index (χ0) is 16.0. The highest BCUT2D eigenvalue weighted by atomic mass is 19.1. The highest BCUT2D eigenvalue weighted by molar-refractivity contribution is 5.90. The SMILES string of the molecule is COc1cc2c(N3CCN4C(=O)NCC4C3)ncnc2cc1F. The van der Waals surface area contributed by atoms with Gasteiger partial charge in [0.2, 0.25) is 0 Å². The second kappa shape index (κ2) is 5.22. The van der Waals surface area contributed by atoms with Crippen molar-refractivity contribution in [3.63, 3.8) is 0 Å². The molecule has 0 bridgehead atoms. The number of piperazine rings is 1. The minimum Gasteiger partial charge on any atom is -0.494 e. The third-order valence-corrected chi connectivity index (χ3v) is 4.42.